The number of aromatic amines is 1. The highest BCUT2D eigenvalue weighted by molar-refractivity contribution is 5.71. The Labute approximate surface area is 100 Å². The number of pyridine rings is 1. The quantitative estimate of drug-likeness (QED) is 0.864. The van der Waals surface area contributed by atoms with Crippen molar-refractivity contribution in [2.45, 2.75) is 38.0 Å². The van der Waals surface area contributed by atoms with Gasteiger partial charge in [-0.15, -0.1) is 0 Å². The lowest BCUT2D eigenvalue weighted by molar-refractivity contribution is 0.399. The number of hydrogen-bond acceptors (Lipinski definition) is 3. The normalized spacial score (nSPS) is 18.7. The maximum Gasteiger partial charge on any atom is 0.215 e. The molecule has 4 nitrogen and oxygen atoms in total. The molecule has 0 aromatic carbocycles. The van der Waals surface area contributed by atoms with Gasteiger partial charge in [0.05, 0.1) is 12.6 Å². The second-order valence-electron chi connectivity index (χ2n) is 5.08. The van der Waals surface area contributed by atoms with Crippen molar-refractivity contribution in [2.75, 3.05) is 7.11 Å². The lowest BCUT2D eigenvalue weighted by atomic mass is 9.88. The fourth-order valence-corrected chi connectivity index (χ4v) is 2.67. The largest absolute Gasteiger partial charge is 0.481 e. The molecule has 0 aliphatic heterocycles. The fourth-order valence-electron chi connectivity index (χ4n) is 2.67. The Bertz CT molecular complexity index is 541. The van der Waals surface area contributed by atoms with Crippen molar-refractivity contribution in [3.05, 3.63) is 18.0 Å². The molecule has 2 aromatic rings. The molecule has 0 radical (unpaired) electrons. The fraction of sp³-hybridized carbons (Fsp3) is 0.538. The average molecular weight is 231 g/mol. The highest BCUT2D eigenvalue weighted by Crippen LogP contribution is 2.39. The molecule has 1 aliphatic rings. The van der Waals surface area contributed by atoms with Crippen LogP contribution in [0.3, 0.4) is 0 Å². The number of nitrogens with one attached hydrogen (secondary N) is 1. The van der Waals surface area contributed by atoms with Crippen LogP contribution in [0.1, 0.15) is 38.4 Å². The van der Waals surface area contributed by atoms with Crippen molar-refractivity contribution < 1.29 is 4.74 Å². The first-order valence-corrected chi connectivity index (χ1v) is 6.12. The van der Waals surface area contributed by atoms with Gasteiger partial charge in [-0.3, -0.25) is 0 Å². The molecule has 90 valence electrons. The number of methoxy groups -OCH3 is 1. The molecule has 4 heteroatoms. The molecule has 0 amide bonds. The molecule has 3 rings (SSSR count). The number of rotatable bonds is 2. The monoisotopic (exact) mass is 231 g/mol. The molecule has 0 bridgehead atoms. The van der Waals surface area contributed by atoms with Crippen LogP contribution in [-0.2, 0) is 5.41 Å². The Morgan fingerprint density at radius 1 is 1.24 bits per heavy atom. The molecule has 0 unspecified atom stereocenters. The Balaban J connectivity index is 2.07. The molecular weight excluding hydrogens is 214 g/mol. The summed E-state index contributed by atoms with van der Waals surface area (Å²) < 4.78 is 5.12. The number of imidazole rings is 1. The zero-order valence-corrected chi connectivity index (χ0v) is 10.3. The average Bonchev–Trinajstić information content (AvgIpc) is 2.94. The van der Waals surface area contributed by atoms with E-state index in [1.165, 1.54) is 25.7 Å². The predicted molar refractivity (Wildman–Crippen MR) is 66.3 cm³/mol. The van der Waals surface area contributed by atoms with Gasteiger partial charge in [-0.05, 0) is 18.9 Å². The van der Waals surface area contributed by atoms with Crippen molar-refractivity contribution in [1.82, 2.24) is 15.0 Å². The van der Waals surface area contributed by atoms with Crippen molar-refractivity contribution in [3.8, 4) is 5.88 Å². The van der Waals surface area contributed by atoms with Crippen LogP contribution in [0, 0.1) is 0 Å². The van der Waals surface area contributed by atoms with Gasteiger partial charge in [-0.2, -0.15) is 4.98 Å². The van der Waals surface area contributed by atoms with Gasteiger partial charge >= 0.3 is 0 Å². The first-order chi connectivity index (χ1) is 8.21. The van der Waals surface area contributed by atoms with Crippen LogP contribution < -0.4 is 4.74 Å². The van der Waals surface area contributed by atoms with Crippen molar-refractivity contribution in [1.29, 1.82) is 0 Å². The molecule has 1 N–H and O–H groups in total. The Hall–Kier alpha value is -1.58. The second kappa shape index (κ2) is 3.72. The summed E-state index contributed by atoms with van der Waals surface area (Å²) in [4.78, 5) is 12.4. The summed E-state index contributed by atoms with van der Waals surface area (Å²) in [5, 5.41) is 0. The minimum absolute atomic E-state index is 0.202. The molecule has 17 heavy (non-hydrogen) atoms. The lowest BCUT2D eigenvalue weighted by Gasteiger charge is -2.19. The standard InChI is InChI=1S/C13H17N3O/c1-13(7-3-4-8-13)12-14-9-5-6-10(17-2)15-11(9)16-12/h5-6H,3-4,7-8H2,1-2H3,(H,14,15,16). The van der Waals surface area contributed by atoms with Crippen molar-refractivity contribution in [2.24, 2.45) is 0 Å². The summed E-state index contributed by atoms with van der Waals surface area (Å²) in [7, 11) is 1.63. The van der Waals surface area contributed by atoms with E-state index in [0.717, 1.165) is 17.0 Å². The van der Waals surface area contributed by atoms with Gasteiger partial charge < -0.3 is 9.72 Å². The van der Waals surface area contributed by atoms with E-state index in [0.29, 0.717) is 5.88 Å². The molecule has 0 saturated heterocycles. The minimum Gasteiger partial charge on any atom is -0.481 e. The van der Waals surface area contributed by atoms with E-state index in [1.54, 1.807) is 7.11 Å². The third kappa shape index (κ3) is 1.68. The lowest BCUT2D eigenvalue weighted by Crippen LogP contribution is -2.18. The maximum absolute atomic E-state index is 5.12. The number of nitrogens with zero attached hydrogens (tertiary/aromatic N) is 2. The van der Waals surface area contributed by atoms with E-state index >= 15 is 0 Å². The van der Waals surface area contributed by atoms with Gasteiger partial charge in [0, 0.05) is 11.5 Å². The summed E-state index contributed by atoms with van der Waals surface area (Å²) in [5.74, 6) is 1.69. The van der Waals surface area contributed by atoms with Gasteiger partial charge in [0.25, 0.3) is 0 Å². The highest BCUT2D eigenvalue weighted by Gasteiger charge is 2.33. The second-order valence-corrected chi connectivity index (χ2v) is 5.08. The summed E-state index contributed by atoms with van der Waals surface area (Å²) in [6.07, 6.45) is 5.02. The smallest absolute Gasteiger partial charge is 0.215 e. The highest BCUT2D eigenvalue weighted by atomic mass is 16.5. The van der Waals surface area contributed by atoms with Crippen LogP contribution in [0.4, 0.5) is 0 Å². The topological polar surface area (TPSA) is 50.8 Å². The summed E-state index contributed by atoms with van der Waals surface area (Å²) in [6, 6.07) is 3.84. The number of hydrogen-bond donors (Lipinski definition) is 1. The molecular formula is C13H17N3O. The van der Waals surface area contributed by atoms with Crippen LogP contribution >= 0.6 is 0 Å². The first-order valence-electron chi connectivity index (χ1n) is 6.12. The molecule has 2 heterocycles. The molecule has 1 aliphatic carbocycles. The van der Waals surface area contributed by atoms with E-state index in [2.05, 4.69) is 21.9 Å². The molecule has 0 atom stereocenters. The van der Waals surface area contributed by atoms with Gasteiger partial charge in [-0.25, -0.2) is 4.98 Å². The number of H-pyrrole nitrogens is 1. The molecule has 1 fully saturated rings. The predicted octanol–water partition coefficient (Wildman–Crippen LogP) is 2.80. The summed E-state index contributed by atoms with van der Waals surface area (Å²) >= 11 is 0. The van der Waals surface area contributed by atoms with Crippen LogP contribution in [0.15, 0.2) is 12.1 Å². The van der Waals surface area contributed by atoms with E-state index in [4.69, 9.17) is 4.74 Å². The van der Waals surface area contributed by atoms with Gasteiger partial charge in [-0.1, -0.05) is 19.8 Å². The van der Waals surface area contributed by atoms with Crippen molar-refractivity contribution in [3.63, 3.8) is 0 Å². The Kier molecular flexibility index (Phi) is 2.31. The Morgan fingerprint density at radius 3 is 2.71 bits per heavy atom. The summed E-state index contributed by atoms with van der Waals surface area (Å²) in [6.45, 7) is 2.29. The first kappa shape index (κ1) is 10.6. The van der Waals surface area contributed by atoms with E-state index in [-0.39, 0.29) is 5.41 Å². The molecule has 2 aromatic heterocycles. The Morgan fingerprint density at radius 2 is 2.00 bits per heavy atom. The number of aromatic nitrogens is 3. The van der Waals surface area contributed by atoms with Crippen LogP contribution in [0.25, 0.3) is 11.2 Å². The number of ether oxygens (including phenoxy) is 1. The van der Waals surface area contributed by atoms with Crippen LogP contribution in [0.2, 0.25) is 0 Å². The minimum atomic E-state index is 0.202. The third-order valence-electron chi connectivity index (χ3n) is 3.81. The van der Waals surface area contributed by atoms with E-state index in [1.807, 2.05) is 12.1 Å². The number of fused-ring (bicyclic) bond motifs is 1. The SMILES string of the molecule is COc1ccc2[nH]c(C3(C)CCCC3)nc2n1. The van der Waals surface area contributed by atoms with Gasteiger partial charge in [0.2, 0.25) is 5.88 Å². The van der Waals surface area contributed by atoms with E-state index < -0.39 is 0 Å². The van der Waals surface area contributed by atoms with Crippen molar-refractivity contribution >= 4 is 11.2 Å². The van der Waals surface area contributed by atoms with E-state index in [9.17, 15) is 0 Å². The van der Waals surface area contributed by atoms with Gasteiger partial charge in [0.15, 0.2) is 5.65 Å². The van der Waals surface area contributed by atoms with Gasteiger partial charge in [0.1, 0.15) is 5.82 Å². The zero-order valence-electron chi connectivity index (χ0n) is 10.3. The third-order valence-corrected chi connectivity index (χ3v) is 3.81. The molecule has 0 spiro atoms. The van der Waals surface area contributed by atoms with Crippen LogP contribution in [0.5, 0.6) is 5.88 Å². The molecule has 1 saturated carbocycles. The summed E-state index contributed by atoms with van der Waals surface area (Å²) in [5.41, 5.74) is 1.95. The van der Waals surface area contributed by atoms with Crippen LogP contribution in [-0.4, -0.2) is 22.1 Å². The zero-order chi connectivity index (χ0) is 11.9. The maximum atomic E-state index is 5.12.